The van der Waals surface area contributed by atoms with Crippen LogP contribution in [0.3, 0.4) is 0 Å². The number of fused-ring (bicyclic) bond motifs is 1. The highest BCUT2D eigenvalue weighted by molar-refractivity contribution is 5.70. The third-order valence-corrected chi connectivity index (χ3v) is 3.20. The number of phenolic OH excluding ortho intramolecular Hbond substituents is 1. The number of ether oxygens (including phenoxy) is 2. The first-order chi connectivity index (χ1) is 8.11. The van der Waals surface area contributed by atoms with Gasteiger partial charge in [0.05, 0.1) is 20.1 Å². The largest absolute Gasteiger partial charge is 0.508 e. The number of phenols is 1. The molecular weight excluding hydrogens is 220 g/mol. The van der Waals surface area contributed by atoms with Gasteiger partial charge in [0, 0.05) is 12.0 Å². The summed E-state index contributed by atoms with van der Waals surface area (Å²) in [6.07, 6.45) is 0.346. The van der Waals surface area contributed by atoms with Crippen LogP contribution in [-0.4, -0.2) is 24.8 Å². The number of hydrogen-bond donors (Lipinski definition) is 1. The molecular formula is C13H16O4. The Bertz CT molecular complexity index is 427. The fourth-order valence-corrected chi connectivity index (χ4v) is 2.17. The maximum Gasteiger partial charge on any atom is 0.306 e. The zero-order chi connectivity index (χ0) is 12.4. The third-order valence-electron chi connectivity index (χ3n) is 3.20. The van der Waals surface area contributed by atoms with Crippen LogP contribution in [0.15, 0.2) is 18.2 Å². The molecule has 0 aromatic heterocycles. The van der Waals surface area contributed by atoms with Crippen molar-refractivity contribution in [3.8, 4) is 11.5 Å². The molecule has 1 heterocycles. The van der Waals surface area contributed by atoms with Crippen LogP contribution in [0.5, 0.6) is 11.5 Å². The number of hydrogen-bond acceptors (Lipinski definition) is 4. The normalized spacial score (nSPS) is 22.5. The summed E-state index contributed by atoms with van der Waals surface area (Å²) in [4.78, 5) is 11.4. The van der Waals surface area contributed by atoms with Crippen LogP contribution in [0.25, 0.3) is 0 Å². The monoisotopic (exact) mass is 236 g/mol. The Balaban J connectivity index is 2.30. The molecule has 92 valence electrons. The molecule has 2 rings (SSSR count). The SMILES string of the molecule is COC(=O)C[C@H]1c2ccc(O)cc2OC[C@@H]1C. The summed E-state index contributed by atoms with van der Waals surface area (Å²) in [5.74, 6) is 0.966. The van der Waals surface area contributed by atoms with Gasteiger partial charge in [0.25, 0.3) is 0 Å². The second-order valence-corrected chi connectivity index (χ2v) is 4.40. The van der Waals surface area contributed by atoms with Crippen molar-refractivity contribution >= 4 is 5.97 Å². The van der Waals surface area contributed by atoms with Crippen LogP contribution in [-0.2, 0) is 9.53 Å². The summed E-state index contributed by atoms with van der Waals surface area (Å²) in [5, 5.41) is 9.40. The van der Waals surface area contributed by atoms with Gasteiger partial charge in [-0.3, -0.25) is 4.79 Å². The summed E-state index contributed by atoms with van der Waals surface area (Å²) < 4.78 is 10.3. The van der Waals surface area contributed by atoms with E-state index in [2.05, 4.69) is 0 Å². The lowest BCUT2D eigenvalue weighted by Crippen LogP contribution is -2.25. The van der Waals surface area contributed by atoms with E-state index in [1.54, 1.807) is 12.1 Å². The van der Waals surface area contributed by atoms with Crippen molar-refractivity contribution in [2.45, 2.75) is 19.3 Å². The first-order valence-electron chi connectivity index (χ1n) is 5.64. The Labute approximate surface area is 100 Å². The van der Waals surface area contributed by atoms with Gasteiger partial charge in [-0.1, -0.05) is 13.0 Å². The standard InChI is InChI=1S/C13H16O4/c1-8-7-17-12-5-9(14)3-4-10(12)11(8)6-13(15)16-2/h3-5,8,11,14H,6-7H2,1-2H3/t8-,11+/m0/s1. The van der Waals surface area contributed by atoms with E-state index < -0.39 is 0 Å². The van der Waals surface area contributed by atoms with Crippen LogP contribution in [0.1, 0.15) is 24.8 Å². The van der Waals surface area contributed by atoms with Crippen molar-refractivity contribution in [3.63, 3.8) is 0 Å². The molecule has 0 saturated heterocycles. The predicted molar refractivity (Wildman–Crippen MR) is 62.1 cm³/mol. The van der Waals surface area contributed by atoms with E-state index in [1.165, 1.54) is 7.11 Å². The highest BCUT2D eigenvalue weighted by Crippen LogP contribution is 2.40. The molecule has 0 radical (unpaired) electrons. The van der Waals surface area contributed by atoms with E-state index in [-0.39, 0.29) is 23.6 Å². The van der Waals surface area contributed by atoms with Crippen molar-refractivity contribution in [3.05, 3.63) is 23.8 Å². The molecule has 0 fully saturated rings. The number of esters is 1. The molecule has 0 bridgehead atoms. The Hall–Kier alpha value is -1.71. The molecule has 1 aromatic carbocycles. The number of methoxy groups -OCH3 is 1. The van der Waals surface area contributed by atoms with Crippen LogP contribution < -0.4 is 4.74 Å². The molecule has 4 heteroatoms. The first kappa shape index (κ1) is 11.8. The average Bonchev–Trinajstić information content (AvgIpc) is 2.32. The van der Waals surface area contributed by atoms with Crippen LogP contribution in [0.2, 0.25) is 0 Å². The van der Waals surface area contributed by atoms with Gasteiger partial charge in [-0.15, -0.1) is 0 Å². The molecule has 0 unspecified atom stereocenters. The highest BCUT2D eigenvalue weighted by atomic mass is 16.5. The zero-order valence-corrected chi connectivity index (χ0v) is 9.97. The maximum atomic E-state index is 11.4. The minimum Gasteiger partial charge on any atom is -0.508 e. The van der Waals surface area contributed by atoms with Gasteiger partial charge in [0.15, 0.2) is 0 Å². The number of carbonyl (C=O) groups is 1. The Morgan fingerprint density at radius 2 is 2.35 bits per heavy atom. The van der Waals surface area contributed by atoms with Crippen molar-refractivity contribution in [1.82, 2.24) is 0 Å². The quantitative estimate of drug-likeness (QED) is 0.799. The molecule has 1 aliphatic rings. The predicted octanol–water partition coefficient (Wildman–Crippen LogP) is 2.07. The van der Waals surface area contributed by atoms with Gasteiger partial charge in [-0.05, 0) is 17.5 Å². The minimum absolute atomic E-state index is 0.0896. The Morgan fingerprint density at radius 1 is 1.59 bits per heavy atom. The van der Waals surface area contributed by atoms with Gasteiger partial charge >= 0.3 is 5.97 Å². The van der Waals surface area contributed by atoms with E-state index in [4.69, 9.17) is 9.47 Å². The van der Waals surface area contributed by atoms with Gasteiger partial charge in [0.2, 0.25) is 0 Å². The molecule has 1 aliphatic heterocycles. The van der Waals surface area contributed by atoms with Crippen molar-refractivity contribution < 1.29 is 19.4 Å². The molecule has 0 spiro atoms. The Kier molecular flexibility index (Phi) is 3.22. The number of aromatic hydroxyl groups is 1. The smallest absolute Gasteiger partial charge is 0.306 e. The van der Waals surface area contributed by atoms with Crippen molar-refractivity contribution in [2.24, 2.45) is 5.92 Å². The van der Waals surface area contributed by atoms with E-state index in [0.29, 0.717) is 18.8 Å². The molecule has 17 heavy (non-hydrogen) atoms. The van der Waals surface area contributed by atoms with Crippen LogP contribution in [0, 0.1) is 5.92 Å². The summed E-state index contributed by atoms with van der Waals surface area (Å²) in [7, 11) is 1.39. The molecule has 4 nitrogen and oxygen atoms in total. The van der Waals surface area contributed by atoms with Gasteiger partial charge in [-0.25, -0.2) is 0 Å². The van der Waals surface area contributed by atoms with Crippen molar-refractivity contribution in [1.29, 1.82) is 0 Å². The summed E-state index contributed by atoms with van der Waals surface area (Å²) in [6, 6.07) is 5.02. The lowest BCUT2D eigenvalue weighted by atomic mass is 9.83. The third kappa shape index (κ3) is 2.35. The molecule has 0 saturated carbocycles. The molecule has 1 aromatic rings. The van der Waals surface area contributed by atoms with E-state index in [0.717, 1.165) is 5.56 Å². The maximum absolute atomic E-state index is 11.4. The number of carbonyl (C=O) groups excluding carboxylic acids is 1. The highest BCUT2D eigenvalue weighted by Gasteiger charge is 2.30. The second kappa shape index (κ2) is 4.65. The zero-order valence-electron chi connectivity index (χ0n) is 9.97. The van der Waals surface area contributed by atoms with E-state index in [9.17, 15) is 9.90 Å². The first-order valence-corrected chi connectivity index (χ1v) is 5.64. The van der Waals surface area contributed by atoms with Crippen molar-refractivity contribution in [2.75, 3.05) is 13.7 Å². The fraction of sp³-hybridized carbons (Fsp3) is 0.462. The summed E-state index contributed by atoms with van der Waals surface area (Å²) >= 11 is 0. The number of benzene rings is 1. The minimum atomic E-state index is -0.220. The van der Waals surface area contributed by atoms with Gasteiger partial charge in [0.1, 0.15) is 11.5 Å². The average molecular weight is 236 g/mol. The molecule has 0 aliphatic carbocycles. The van der Waals surface area contributed by atoms with Crippen LogP contribution >= 0.6 is 0 Å². The van der Waals surface area contributed by atoms with Gasteiger partial charge in [-0.2, -0.15) is 0 Å². The number of rotatable bonds is 2. The topological polar surface area (TPSA) is 55.8 Å². The lowest BCUT2D eigenvalue weighted by molar-refractivity contribution is -0.141. The summed E-state index contributed by atoms with van der Waals surface area (Å²) in [5.41, 5.74) is 0.965. The van der Waals surface area contributed by atoms with E-state index >= 15 is 0 Å². The second-order valence-electron chi connectivity index (χ2n) is 4.40. The molecule has 2 atom stereocenters. The molecule has 0 amide bonds. The van der Waals surface area contributed by atoms with Crippen LogP contribution in [0.4, 0.5) is 0 Å². The fourth-order valence-electron chi connectivity index (χ4n) is 2.17. The lowest BCUT2D eigenvalue weighted by Gasteiger charge is -2.30. The molecule has 1 N–H and O–H groups in total. The van der Waals surface area contributed by atoms with Gasteiger partial charge < -0.3 is 14.6 Å². The summed E-state index contributed by atoms with van der Waals surface area (Å²) in [6.45, 7) is 2.60. The Morgan fingerprint density at radius 3 is 3.06 bits per heavy atom. The van der Waals surface area contributed by atoms with E-state index in [1.807, 2.05) is 13.0 Å².